The number of nitro groups is 1. The van der Waals surface area contributed by atoms with Gasteiger partial charge in [0.2, 0.25) is 0 Å². The Morgan fingerprint density at radius 2 is 2.11 bits per heavy atom. The summed E-state index contributed by atoms with van der Waals surface area (Å²) < 4.78 is 0. The quantitative estimate of drug-likeness (QED) is 0.352. The molecule has 90 valence electrons. The van der Waals surface area contributed by atoms with Gasteiger partial charge in [0, 0.05) is 6.07 Å². The number of benzene rings is 1. The first kappa shape index (κ1) is 12.0. The minimum absolute atomic E-state index is 0.112. The van der Waals surface area contributed by atoms with E-state index in [0.29, 0.717) is 0 Å². The van der Waals surface area contributed by atoms with Gasteiger partial charge in [-0.1, -0.05) is 36.4 Å². The molecule has 4 heteroatoms. The summed E-state index contributed by atoms with van der Waals surface area (Å²) in [6.45, 7) is 0. The van der Waals surface area contributed by atoms with Crippen molar-refractivity contribution in [2.75, 3.05) is 0 Å². The van der Waals surface area contributed by atoms with E-state index in [0.717, 1.165) is 12.0 Å². The highest BCUT2D eigenvalue weighted by Crippen LogP contribution is 2.19. The molecule has 0 unspecified atom stereocenters. The molecule has 1 aromatic rings. The number of hydrogen-bond acceptors (Lipinski definition) is 3. The summed E-state index contributed by atoms with van der Waals surface area (Å²) >= 11 is 0. The molecule has 0 N–H and O–H groups in total. The zero-order valence-corrected chi connectivity index (χ0v) is 9.58. The molecule has 0 saturated heterocycles. The second-order valence-corrected chi connectivity index (χ2v) is 3.81. The Balaban J connectivity index is 2.24. The van der Waals surface area contributed by atoms with Crippen molar-refractivity contribution in [1.82, 2.24) is 0 Å². The molecule has 0 bridgehead atoms. The fourth-order valence-electron chi connectivity index (χ4n) is 1.70. The van der Waals surface area contributed by atoms with Crippen molar-refractivity contribution in [1.29, 1.82) is 0 Å². The lowest BCUT2D eigenvalue weighted by molar-refractivity contribution is -0.385. The largest absolute Gasteiger partial charge is 0.289 e. The summed E-state index contributed by atoms with van der Waals surface area (Å²) in [6, 6.07) is 5.95. The van der Waals surface area contributed by atoms with E-state index >= 15 is 0 Å². The minimum Gasteiger partial charge on any atom is -0.289 e. The molecule has 0 saturated carbocycles. The molecule has 0 aliphatic heterocycles. The van der Waals surface area contributed by atoms with Gasteiger partial charge in [0.25, 0.3) is 5.69 Å². The van der Waals surface area contributed by atoms with Crippen LogP contribution in [-0.2, 0) is 0 Å². The molecule has 0 radical (unpaired) electrons. The van der Waals surface area contributed by atoms with Crippen molar-refractivity contribution < 1.29 is 9.72 Å². The zero-order valence-electron chi connectivity index (χ0n) is 9.58. The molecule has 1 aliphatic carbocycles. The maximum absolute atomic E-state index is 11.9. The van der Waals surface area contributed by atoms with E-state index in [-0.39, 0.29) is 17.0 Å². The molecule has 0 fully saturated rings. The summed E-state index contributed by atoms with van der Waals surface area (Å²) in [5.74, 6) is -0.358. The van der Waals surface area contributed by atoms with Crippen LogP contribution in [0.1, 0.15) is 16.8 Å². The Kier molecular flexibility index (Phi) is 3.48. The van der Waals surface area contributed by atoms with Gasteiger partial charge in [-0.3, -0.25) is 14.9 Å². The van der Waals surface area contributed by atoms with Crippen LogP contribution in [0.2, 0.25) is 0 Å². The van der Waals surface area contributed by atoms with Crippen LogP contribution < -0.4 is 0 Å². The normalized spacial score (nSPS) is 13.9. The Bertz CT molecular complexity index is 582. The summed E-state index contributed by atoms with van der Waals surface area (Å²) in [4.78, 5) is 22.1. The Morgan fingerprint density at radius 3 is 2.78 bits per heavy atom. The molecule has 0 spiro atoms. The summed E-state index contributed by atoms with van der Waals surface area (Å²) in [6.07, 6.45) is 9.76. The lowest BCUT2D eigenvalue weighted by Gasteiger charge is -1.97. The first-order chi connectivity index (χ1) is 8.68. The molecule has 0 amide bonds. The van der Waals surface area contributed by atoms with Crippen molar-refractivity contribution in [3.63, 3.8) is 0 Å². The molecule has 2 rings (SSSR count). The predicted octanol–water partition coefficient (Wildman–Crippen LogP) is 3.22. The van der Waals surface area contributed by atoms with Crippen LogP contribution in [0.4, 0.5) is 5.69 Å². The fraction of sp³-hybridized carbons (Fsp3) is 0.0714. The van der Waals surface area contributed by atoms with Crippen molar-refractivity contribution in [2.24, 2.45) is 0 Å². The van der Waals surface area contributed by atoms with Gasteiger partial charge in [-0.2, -0.15) is 0 Å². The SMILES string of the molecule is O=C(/C=C/C1=CCC=C1)c1ccccc1[N+](=O)[O-]. The summed E-state index contributed by atoms with van der Waals surface area (Å²) in [5.41, 5.74) is 0.895. The second-order valence-electron chi connectivity index (χ2n) is 3.81. The number of carbonyl (C=O) groups excluding carboxylic acids is 1. The first-order valence-electron chi connectivity index (χ1n) is 5.51. The van der Waals surface area contributed by atoms with Crippen LogP contribution in [0.5, 0.6) is 0 Å². The molecule has 0 atom stereocenters. The molecular formula is C14H11NO3. The van der Waals surface area contributed by atoms with Crippen LogP contribution in [0.3, 0.4) is 0 Å². The lowest BCUT2D eigenvalue weighted by atomic mass is 10.1. The number of rotatable bonds is 4. The summed E-state index contributed by atoms with van der Waals surface area (Å²) in [7, 11) is 0. The number of hydrogen-bond donors (Lipinski definition) is 0. The first-order valence-corrected chi connectivity index (χ1v) is 5.51. The average Bonchev–Trinajstić information content (AvgIpc) is 2.89. The fourth-order valence-corrected chi connectivity index (χ4v) is 1.70. The Labute approximate surface area is 104 Å². The molecule has 0 heterocycles. The molecule has 4 nitrogen and oxygen atoms in total. The monoisotopic (exact) mass is 241 g/mol. The Hall–Kier alpha value is -2.49. The van der Waals surface area contributed by atoms with Crippen LogP contribution in [0.25, 0.3) is 0 Å². The van der Waals surface area contributed by atoms with E-state index < -0.39 is 4.92 Å². The van der Waals surface area contributed by atoms with Crippen molar-refractivity contribution in [3.8, 4) is 0 Å². The predicted molar refractivity (Wildman–Crippen MR) is 68.4 cm³/mol. The van der Waals surface area contributed by atoms with Crippen LogP contribution in [-0.4, -0.2) is 10.7 Å². The van der Waals surface area contributed by atoms with Gasteiger partial charge in [0.15, 0.2) is 5.78 Å². The highest BCUT2D eigenvalue weighted by molar-refractivity contribution is 6.07. The number of allylic oxidation sites excluding steroid dienone is 6. The third kappa shape index (κ3) is 2.60. The third-order valence-corrected chi connectivity index (χ3v) is 2.59. The topological polar surface area (TPSA) is 60.2 Å². The highest BCUT2D eigenvalue weighted by atomic mass is 16.6. The van der Waals surface area contributed by atoms with Gasteiger partial charge in [0.05, 0.1) is 10.5 Å². The molecule has 1 aliphatic rings. The maximum atomic E-state index is 11.9. The van der Waals surface area contributed by atoms with Gasteiger partial charge in [0.1, 0.15) is 0 Å². The van der Waals surface area contributed by atoms with E-state index in [1.165, 1.54) is 18.2 Å². The van der Waals surface area contributed by atoms with Crippen molar-refractivity contribution in [3.05, 3.63) is 75.9 Å². The number of carbonyl (C=O) groups is 1. The Morgan fingerprint density at radius 1 is 1.33 bits per heavy atom. The molecular weight excluding hydrogens is 230 g/mol. The number of nitro benzene ring substituents is 1. The highest BCUT2D eigenvalue weighted by Gasteiger charge is 2.16. The lowest BCUT2D eigenvalue weighted by Crippen LogP contribution is -2.00. The molecule has 0 aromatic heterocycles. The number of nitrogens with zero attached hydrogens (tertiary/aromatic N) is 1. The third-order valence-electron chi connectivity index (χ3n) is 2.59. The van der Waals surface area contributed by atoms with Gasteiger partial charge in [-0.05, 0) is 24.1 Å². The summed E-state index contributed by atoms with van der Waals surface area (Å²) in [5, 5.41) is 10.8. The van der Waals surface area contributed by atoms with Crippen molar-refractivity contribution in [2.45, 2.75) is 6.42 Å². The molecule has 1 aromatic carbocycles. The van der Waals surface area contributed by atoms with E-state index in [1.807, 2.05) is 18.2 Å². The van der Waals surface area contributed by atoms with E-state index in [1.54, 1.807) is 18.2 Å². The zero-order chi connectivity index (χ0) is 13.0. The minimum atomic E-state index is -0.546. The van der Waals surface area contributed by atoms with Crippen LogP contribution in [0, 0.1) is 10.1 Å². The van der Waals surface area contributed by atoms with E-state index in [9.17, 15) is 14.9 Å². The standard InChI is InChI=1S/C14H11NO3/c16-14(10-9-11-5-1-2-6-11)12-7-3-4-8-13(12)15(17)18/h1,3-10H,2H2/b10-9+. The average molecular weight is 241 g/mol. The van der Waals surface area contributed by atoms with Gasteiger partial charge < -0.3 is 0 Å². The van der Waals surface area contributed by atoms with Crippen LogP contribution >= 0.6 is 0 Å². The number of ketones is 1. The van der Waals surface area contributed by atoms with Gasteiger partial charge >= 0.3 is 0 Å². The van der Waals surface area contributed by atoms with Crippen LogP contribution in [0.15, 0.2) is 60.2 Å². The van der Waals surface area contributed by atoms with Gasteiger partial charge in [-0.15, -0.1) is 0 Å². The van der Waals surface area contributed by atoms with Crippen molar-refractivity contribution >= 4 is 11.5 Å². The number of para-hydroxylation sites is 1. The van der Waals surface area contributed by atoms with Gasteiger partial charge in [-0.25, -0.2) is 0 Å². The van der Waals surface area contributed by atoms with E-state index in [4.69, 9.17) is 0 Å². The van der Waals surface area contributed by atoms with E-state index in [2.05, 4.69) is 0 Å². The molecule has 18 heavy (non-hydrogen) atoms. The smallest absolute Gasteiger partial charge is 0.280 e. The maximum Gasteiger partial charge on any atom is 0.280 e. The second kappa shape index (κ2) is 5.23.